The largest absolute Gasteiger partial charge is 0.328 e. The Kier molecular flexibility index (Phi) is 3.51. The number of rotatable bonds is 4. The number of aryl methyl sites for hydroxylation is 2. The lowest BCUT2D eigenvalue weighted by Gasteiger charge is -2.05. The van der Waals surface area contributed by atoms with E-state index in [1.807, 2.05) is 37.8 Å². The average molecular weight is 283 g/mol. The van der Waals surface area contributed by atoms with E-state index in [2.05, 4.69) is 33.0 Å². The number of nitrogens with two attached hydrogens (primary N) is 1. The molecule has 0 aromatic carbocycles. The lowest BCUT2D eigenvalue weighted by atomic mass is 10.1. The van der Waals surface area contributed by atoms with Gasteiger partial charge in [-0.05, 0) is 44.0 Å². The monoisotopic (exact) mass is 283 g/mol. The molecule has 3 heterocycles. The molecule has 1 unspecified atom stereocenters. The van der Waals surface area contributed by atoms with Crippen molar-refractivity contribution in [2.45, 2.75) is 32.9 Å². The number of nitrogens with zero attached hydrogens (tertiary/aromatic N) is 4. The fourth-order valence-corrected chi connectivity index (χ4v) is 2.81. The van der Waals surface area contributed by atoms with E-state index in [9.17, 15) is 0 Å². The molecule has 0 amide bonds. The summed E-state index contributed by atoms with van der Waals surface area (Å²) >= 11 is 0. The predicted octanol–water partition coefficient (Wildman–Crippen LogP) is 2.02. The zero-order chi connectivity index (χ0) is 15.0. The summed E-state index contributed by atoms with van der Waals surface area (Å²) < 4.78 is 4.11. The standard InChI is InChI=1S/C16H21N5/c1-11(17)7-13-9-21(16-15(13)5-4-6-18-16)10-14-8-12(2)19-20(14)3/h4-6,8-9,11H,7,10,17H2,1-3H3. The van der Waals surface area contributed by atoms with Gasteiger partial charge < -0.3 is 10.3 Å². The van der Waals surface area contributed by atoms with E-state index < -0.39 is 0 Å². The number of aromatic nitrogens is 4. The van der Waals surface area contributed by atoms with Gasteiger partial charge in [0.05, 0.1) is 17.9 Å². The molecule has 0 aliphatic rings. The molecule has 0 saturated heterocycles. The molecule has 0 aliphatic carbocycles. The molecule has 5 heteroatoms. The minimum absolute atomic E-state index is 0.142. The summed E-state index contributed by atoms with van der Waals surface area (Å²) in [5.41, 5.74) is 10.4. The van der Waals surface area contributed by atoms with Gasteiger partial charge in [-0.3, -0.25) is 4.68 Å². The van der Waals surface area contributed by atoms with Gasteiger partial charge in [0.25, 0.3) is 0 Å². The molecule has 0 radical (unpaired) electrons. The van der Waals surface area contributed by atoms with E-state index in [4.69, 9.17) is 5.73 Å². The number of hydrogen-bond donors (Lipinski definition) is 1. The van der Waals surface area contributed by atoms with Crippen LogP contribution >= 0.6 is 0 Å². The second-order valence-electron chi connectivity index (χ2n) is 5.74. The van der Waals surface area contributed by atoms with Crippen LogP contribution in [0.5, 0.6) is 0 Å². The van der Waals surface area contributed by atoms with Gasteiger partial charge in [0, 0.05) is 30.9 Å². The third-order valence-corrected chi connectivity index (χ3v) is 3.69. The summed E-state index contributed by atoms with van der Waals surface area (Å²) in [6, 6.07) is 6.35. The van der Waals surface area contributed by atoms with Crippen LogP contribution in [-0.2, 0) is 20.0 Å². The van der Waals surface area contributed by atoms with Gasteiger partial charge in [0.2, 0.25) is 0 Å². The van der Waals surface area contributed by atoms with Crippen LogP contribution in [0.15, 0.2) is 30.6 Å². The molecule has 0 fully saturated rings. The maximum Gasteiger partial charge on any atom is 0.140 e. The topological polar surface area (TPSA) is 61.7 Å². The zero-order valence-electron chi connectivity index (χ0n) is 12.7. The maximum atomic E-state index is 5.96. The number of hydrogen-bond acceptors (Lipinski definition) is 3. The zero-order valence-corrected chi connectivity index (χ0v) is 12.7. The quantitative estimate of drug-likeness (QED) is 0.797. The summed E-state index contributed by atoms with van der Waals surface area (Å²) in [5.74, 6) is 0. The van der Waals surface area contributed by atoms with Crippen molar-refractivity contribution in [3.63, 3.8) is 0 Å². The number of fused-ring (bicyclic) bond motifs is 1. The van der Waals surface area contributed by atoms with Crippen LogP contribution in [-0.4, -0.2) is 25.4 Å². The van der Waals surface area contributed by atoms with E-state index in [0.29, 0.717) is 0 Å². The van der Waals surface area contributed by atoms with E-state index in [0.717, 1.165) is 24.3 Å². The third kappa shape index (κ3) is 2.69. The average Bonchev–Trinajstić information content (AvgIpc) is 2.91. The van der Waals surface area contributed by atoms with Crippen molar-refractivity contribution in [1.82, 2.24) is 19.3 Å². The fraction of sp³-hybridized carbons (Fsp3) is 0.375. The minimum Gasteiger partial charge on any atom is -0.328 e. The Balaban J connectivity index is 2.04. The van der Waals surface area contributed by atoms with Gasteiger partial charge in [-0.15, -0.1) is 0 Å². The highest BCUT2D eigenvalue weighted by Gasteiger charge is 2.12. The van der Waals surface area contributed by atoms with Crippen molar-refractivity contribution < 1.29 is 0 Å². The Morgan fingerprint density at radius 1 is 1.38 bits per heavy atom. The van der Waals surface area contributed by atoms with Gasteiger partial charge in [0.15, 0.2) is 0 Å². The summed E-state index contributed by atoms with van der Waals surface area (Å²) in [7, 11) is 1.98. The summed E-state index contributed by atoms with van der Waals surface area (Å²) in [6.07, 6.45) is 4.87. The Labute approximate surface area is 124 Å². The lowest BCUT2D eigenvalue weighted by molar-refractivity contribution is 0.668. The first-order valence-corrected chi connectivity index (χ1v) is 7.22. The van der Waals surface area contributed by atoms with Crippen LogP contribution < -0.4 is 5.73 Å². The second-order valence-corrected chi connectivity index (χ2v) is 5.74. The van der Waals surface area contributed by atoms with Crippen molar-refractivity contribution in [3.05, 3.63) is 47.5 Å². The van der Waals surface area contributed by atoms with Crippen LogP contribution in [0.2, 0.25) is 0 Å². The van der Waals surface area contributed by atoms with Gasteiger partial charge in [-0.25, -0.2) is 4.98 Å². The van der Waals surface area contributed by atoms with Crippen molar-refractivity contribution in [1.29, 1.82) is 0 Å². The smallest absolute Gasteiger partial charge is 0.140 e. The molecule has 5 nitrogen and oxygen atoms in total. The highest BCUT2D eigenvalue weighted by molar-refractivity contribution is 5.80. The molecule has 0 aliphatic heterocycles. The summed E-state index contributed by atoms with van der Waals surface area (Å²) in [5, 5.41) is 5.59. The van der Waals surface area contributed by atoms with Gasteiger partial charge in [0.1, 0.15) is 5.65 Å². The molecule has 3 rings (SSSR count). The van der Waals surface area contributed by atoms with Crippen LogP contribution in [0.25, 0.3) is 11.0 Å². The first kappa shape index (κ1) is 13.8. The molecule has 0 spiro atoms. The fourth-order valence-electron chi connectivity index (χ4n) is 2.81. The van der Waals surface area contributed by atoms with Crippen molar-refractivity contribution in [2.75, 3.05) is 0 Å². The van der Waals surface area contributed by atoms with Crippen LogP contribution in [0, 0.1) is 6.92 Å². The summed E-state index contributed by atoms with van der Waals surface area (Å²) in [6.45, 7) is 4.81. The van der Waals surface area contributed by atoms with Crippen LogP contribution in [0.4, 0.5) is 0 Å². The predicted molar refractivity (Wildman–Crippen MR) is 84.1 cm³/mol. The molecule has 0 bridgehead atoms. The Bertz CT molecular complexity index is 766. The maximum absolute atomic E-state index is 5.96. The number of pyridine rings is 1. The Morgan fingerprint density at radius 2 is 2.19 bits per heavy atom. The van der Waals surface area contributed by atoms with E-state index in [-0.39, 0.29) is 6.04 Å². The highest BCUT2D eigenvalue weighted by Crippen LogP contribution is 2.21. The highest BCUT2D eigenvalue weighted by atomic mass is 15.3. The van der Waals surface area contributed by atoms with Crippen LogP contribution in [0.3, 0.4) is 0 Å². The molecule has 110 valence electrons. The molecule has 21 heavy (non-hydrogen) atoms. The van der Waals surface area contributed by atoms with Crippen molar-refractivity contribution in [2.24, 2.45) is 12.8 Å². The first-order valence-electron chi connectivity index (χ1n) is 7.22. The molecular weight excluding hydrogens is 262 g/mol. The SMILES string of the molecule is Cc1cc(Cn2cc(CC(C)N)c3cccnc32)n(C)n1. The minimum atomic E-state index is 0.142. The molecule has 1 atom stereocenters. The molecule has 0 saturated carbocycles. The summed E-state index contributed by atoms with van der Waals surface area (Å²) in [4.78, 5) is 4.53. The first-order chi connectivity index (χ1) is 10.0. The molecule has 3 aromatic heterocycles. The van der Waals surface area contributed by atoms with Crippen molar-refractivity contribution in [3.8, 4) is 0 Å². The van der Waals surface area contributed by atoms with Crippen molar-refractivity contribution >= 4 is 11.0 Å². The van der Waals surface area contributed by atoms with E-state index in [1.54, 1.807) is 0 Å². The van der Waals surface area contributed by atoms with Gasteiger partial charge >= 0.3 is 0 Å². The molecular formula is C16H21N5. The Morgan fingerprint density at radius 3 is 2.86 bits per heavy atom. The Hall–Kier alpha value is -2.14. The molecule has 3 aromatic rings. The van der Waals surface area contributed by atoms with Crippen LogP contribution in [0.1, 0.15) is 23.9 Å². The molecule has 2 N–H and O–H groups in total. The van der Waals surface area contributed by atoms with Gasteiger partial charge in [-0.1, -0.05) is 0 Å². The van der Waals surface area contributed by atoms with Gasteiger partial charge in [-0.2, -0.15) is 5.10 Å². The van der Waals surface area contributed by atoms with E-state index >= 15 is 0 Å². The normalized spacial score (nSPS) is 13.0. The third-order valence-electron chi connectivity index (χ3n) is 3.69. The second kappa shape index (κ2) is 5.33. The lowest BCUT2D eigenvalue weighted by Crippen LogP contribution is -2.17. The van der Waals surface area contributed by atoms with E-state index in [1.165, 1.54) is 16.6 Å².